The summed E-state index contributed by atoms with van der Waals surface area (Å²) in [6.45, 7) is 6.92. The van der Waals surface area contributed by atoms with Crippen molar-refractivity contribution in [2.75, 3.05) is 13.7 Å². The smallest absolute Gasteiger partial charge is 0.125 e. The third-order valence-electron chi connectivity index (χ3n) is 3.39. The summed E-state index contributed by atoms with van der Waals surface area (Å²) < 4.78 is 11.1. The molecule has 1 aromatic carbocycles. The molecule has 1 heterocycles. The van der Waals surface area contributed by atoms with E-state index in [2.05, 4.69) is 6.92 Å². The zero-order valence-corrected chi connectivity index (χ0v) is 10.9. The Morgan fingerprint density at radius 1 is 1.44 bits per heavy atom. The fraction of sp³-hybridized carbons (Fsp3) is 0.538. The van der Waals surface area contributed by atoms with Crippen LogP contribution in [0.1, 0.15) is 30.0 Å². The maximum atomic E-state index is 6.29. The Labute approximate surface area is 102 Å². The van der Waals surface area contributed by atoms with Gasteiger partial charge in [0.05, 0.1) is 19.3 Å². The van der Waals surface area contributed by atoms with Crippen LogP contribution in [-0.4, -0.2) is 13.7 Å². The van der Waals surface area contributed by atoms with E-state index in [1.807, 2.05) is 19.9 Å². The average molecular weight is 241 g/mol. The lowest BCUT2D eigenvalue weighted by Crippen LogP contribution is -2.38. The van der Waals surface area contributed by atoms with Gasteiger partial charge in [0.2, 0.25) is 0 Å². The van der Waals surface area contributed by atoms with Crippen molar-refractivity contribution in [3.8, 4) is 5.75 Å². The molecule has 2 nitrogen and oxygen atoms in total. The number of methoxy groups -OCH3 is 1. The third-order valence-corrected chi connectivity index (χ3v) is 3.97. The standard InChI is InChI=1S/C13H17ClO2/c1-8-7-10(15-4)11(9(2)12(8)14)13(3)5-6-16-13/h7H,5-6H2,1-4H3. The van der Waals surface area contributed by atoms with Gasteiger partial charge in [-0.25, -0.2) is 0 Å². The fourth-order valence-electron chi connectivity index (χ4n) is 2.35. The highest BCUT2D eigenvalue weighted by molar-refractivity contribution is 6.32. The molecular weight excluding hydrogens is 224 g/mol. The van der Waals surface area contributed by atoms with E-state index in [1.165, 1.54) is 0 Å². The second kappa shape index (κ2) is 3.94. The number of hydrogen-bond acceptors (Lipinski definition) is 2. The first-order valence-electron chi connectivity index (χ1n) is 5.48. The van der Waals surface area contributed by atoms with Gasteiger partial charge >= 0.3 is 0 Å². The van der Waals surface area contributed by atoms with E-state index in [9.17, 15) is 0 Å². The van der Waals surface area contributed by atoms with Crippen molar-refractivity contribution in [1.29, 1.82) is 0 Å². The highest BCUT2D eigenvalue weighted by Gasteiger charge is 2.39. The molecule has 1 aromatic rings. The summed E-state index contributed by atoms with van der Waals surface area (Å²) in [4.78, 5) is 0. The molecule has 0 radical (unpaired) electrons. The molecule has 0 aromatic heterocycles. The first-order valence-corrected chi connectivity index (χ1v) is 5.85. The van der Waals surface area contributed by atoms with Crippen LogP contribution in [0.25, 0.3) is 0 Å². The SMILES string of the molecule is COc1cc(C)c(Cl)c(C)c1C1(C)CCO1. The number of aryl methyl sites for hydroxylation is 1. The first kappa shape index (κ1) is 11.7. The first-order chi connectivity index (χ1) is 7.49. The Kier molecular flexibility index (Phi) is 2.89. The van der Waals surface area contributed by atoms with Gasteiger partial charge in [-0.1, -0.05) is 11.6 Å². The monoisotopic (exact) mass is 240 g/mol. The van der Waals surface area contributed by atoms with Crippen molar-refractivity contribution in [3.63, 3.8) is 0 Å². The van der Waals surface area contributed by atoms with Crippen LogP contribution in [-0.2, 0) is 10.3 Å². The van der Waals surface area contributed by atoms with Crippen molar-refractivity contribution in [3.05, 3.63) is 27.8 Å². The van der Waals surface area contributed by atoms with Gasteiger partial charge in [-0.15, -0.1) is 0 Å². The normalized spacial score (nSPS) is 24.1. The lowest BCUT2D eigenvalue weighted by molar-refractivity contribution is -0.141. The minimum Gasteiger partial charge on any atom is -0.496 e. The Morgan fingerprint density at radius 2 is 2.06 bits per heavy atom. The zero-order chi connectivity index (χ0) is 11.9. The fourth-order valence-corrected chi connectivity index (χ4v) is 2.50. The molecule has 3 heteroatoms. The van der Waals surface area contributed by atoms with Gasteiger partial charge in [-0.2, -0.15) is 0 Å². The Hall–Kier alpha value is -0.730. The van der Waals surface area contributed by atoms with E-state index in [1.54, 1.807) is 7.11 Å². The van der Waals surface area contributed by atoms with Gasteiger partial charge in [-0.05, 0) is 38.0 Å². The summed E-state index contributed by atoms with van der Waals surface area (Å²) in [7, 11) is 1.69. The predicted molar refractivity (Wildman–Crippen MR) is 65.4 cm³/mol. The quantitative estimate of drug-likeness (QED) is 0.787. The van der Waals surface area contributed by atoms with E-state index >= 15 is 0 Å². The van der Waals surface area contributed by atoms with Gasteiger partial charge in [0.25, 0.3) is 0 Å². The maximum Gasteiger partial charge on any atom is 0.125 e. The molecule has 1 fully saturated rings. The Morgan fingerprint density at radius 3 is 2.50 bits per heavy atom. The molecular formula is C13H17ClO2. The van der Waals surface area contributed by atoms with E-state index in [-0.39, 0.29) is 5.60 Å². The molecule has 1 aliphatic rings. The molecule has 1 saturated heterocycles. The van der Waals surface area contributed by atoms with Crippen LogP contribution < -0.4 is 4.74 Å². The summed E-state index contributed by atoms with van der Waals surface area (Å²) in [6.07, 6.45) is 1.02. The third kappa shape index (κ3) is 1.61. The topological polar surface area (TPSA) is 18.5 Å². The zero-order valence-electron chi connectivity index (χ0n) is 10.2. The number of rotatable bonds is 2. The van der Waals surface area contributed by atoms with E-state index in [0.717, 1.165) is 40.5 Å². The molecule has 0 saturated carbocycles. The van der Waals surface area contributed by atoms with Crippen LogP contribution in [0, 0.1) is 13.8 Å². The molecule has 0 bridgehead atoms. The highest BCUT2D eigenvalue weighted by Crippen LogP contribution is 2.45. The largest absolute Gasteiger partial charge is 0.496 e. The summed E-state index contributed by atoms with van der Waals surface area (Å²) >= 11 is 6.29. The van der Waals surface area contributed by atoms with Crippen LogP contribution in [0.4, 0.5) is 0 Å². The van der Waals surface area contributed by atoms with Crippen LogP contribution in [0.2, 0.25) is 5.02 Å². The van der Waals surface area contributed by atoms with Crippen molar-refractivity contribution in [2.45, 2.75) is 32.8 Å². The van der Waals surface area contributed by atoms with Crippen LogP contribution in [0.5, 0.6) is 5.75 Å². The number of ether oxygens (including phenoxy) is 2. The summed E-state index contributed by atoms with van der Waals surface area (Å²) in [5, 5.41) is 0.813. The second-order valence-electron chi connectivity index (χ2n) is 4.54. The molecule has 0 aliphatic carbocycles. The van der Waals surface area contributed by atoms with Crippen LogP contribution in [0.3, 0.4) is 0 Å². The van der Waals surface area contributed by atoms with Crippen molar-refractivity contribution in [1.82, 2.24) is 0 Å². The highest BCUT2D eigenvalue weighted by atomic mass is 35.5. The summed E-state index contributed by atoms with van der Waals surface area (Å²) in [5.41, 5.74) is 2.98. The van der Waals surface area contributed by atoms with E-state index in [0.29, 0.717) is 0 Å². The van der Waals surface area contributed by atoms with E-state index < -0.39 is 0 Å². The van der Waals surface area contributed by atoms with E-state index in [4.69, 9.17) is 21.1 Å². The minimum absolute atomic E-state index is 0.229. The van der Waals surface area contributed by atoms with Gasteiger partial charge < -0.3 is 9.47 Å². The Balaban J connectivity index is 2.62. The van der Waals surface area contributed by atoms with Crippen molar-refractivity contribution < 1.29 is 9.47 Å². The molecule has 1 unspecified atom stereocenters. The number of hydrogen-bond donors (Lipinski definition) is 0. The van der Waals surface area contributed by atoms with Crippen molar-refractivity contribution >= 4 is 11.6 Å². The summed E-state index contributed by atoms with van der Waals surface area (Å²) in [5.74, 6) is 0.876. The number of halogens is 1. The maximum absolute atomic E-state index is 6.29. The molecule has 1 atom stereocenters. The van der Waals surface area contributed by atoms with Crippen LogP contribution in [0.15, 0.2) is 6.07 Å². The van der Waals surface area contributed by atoms with Crippen molar-refractivity contribution in [2.24, 2.45) is 0 Å². The molecule has 1 aliphatic heterocycles. The predicted octanol–water partition coefficient (Wildman–Crippen LogP) is 3.60. The molecule has 0 spiro atoms. The van der Waals surface area contributed by atoms with Gasteiger partial charge in [0.15, 0.2) is 0 Å². The Bertz CT molecular complexity index is 422. The minimum atomic E-state index is -0.229. The molecule has 2 rings (SSSR count). The van der Waals surface area contributed by atoms with Gasteiger partial charge in [0.1, 0.15) is 5.75 Å². The molecule has 0 N–H and O–H groups in total. The second-order valence-corrected chi connectivity index (χ2v) is 4.92. The molecule has 16 heavy (non-hydrogen) atoms. The molecule has 0 amide bonds. The lowest BCUT2D eigenvalue weighted by Gasteiger charge is -2.41. The number of benzene rings is 1. The van der Waals surface area contributed by atoms with Gasteiger partial charge in [-0.3, -0.25) is 0 Å². The van der Waals surface area contributed by atoms with Crippen LogP contribution >= 0.6 is 11.6 Å². The lowest BCUT2D eigenvalue weighted by atomic mass is 9.84. The van der Waals surface area contributed by atoms with Gasteiger partial charge in [0, 0.05) is 17.0 Å². The summed E-state index contributed by atoms with van der Waals surface area (Å²) in [6, 6.07) is 1.98. The molecule has 88 valence electrons. The average Bonchev–Trinajstić information content (AvgIpc) is 2.22.